The van der Waals surface area contributed by atoms with Crippen LogP contribution in [0.25, 0.3) is 0 Å². The molecule has 2 heteroatoms. The third-order valence-electron chi connectivity index (χ3n) is 4.96. The standard InChI is InChI=1S/C14H28N2/c1-3-4-12-7-9-14(11-15,10-8-12)16(2)13-5-6-13/h12-13H,3-11,15H2,1-2H3. The van der Waals surface area contributed by atoms with Crippen molar-refractivity contribution in [2.75, 3.05) is 13.6 Å². The Hall–Kier alpha value is -0.0800. The van der Waals surface area contributed by atoms with Gasteiger partial charge in [-0.2, -0.15) is 0 Å². The minimum absolute atomic E-state index is 0.353. The zero-order valence-corrected chi connectivity index (χ0v) is 11.0. The highest BCUT2D eigenvalue weighted by Gasteiger charge is 2.42. The van der Waals surface area contributed by atoms with Gasteiger partial charge in [-0.05, 0) is 51.5 Å². The van der Waals surface area contributed by atoms with Crippen LogP contribution >= 0.6 is 0 Å². The second-order valence-corrected chi connectivity index (χ2v) is 6.00. The Bertz CT molecular complexity index is 215. The van der Waals surface area contributed by atoms with Gasteiger partial charge in [0.15, 0.2) is 0 Å². The molecule has 2 aliphatic carbocycles. The molecule has 0 aromatic carbocycles. The molecule has 2 N–H and O–H groups in total. The van der Waals surface area contributed by atoms with E-state index >= 15 is 0 Å². The summed E-state index contributed by atoms with van der Waals surface area (Å²) in [6.45, 7) is 3.17. The van der Waals surface area contributed by atoms with Crippen LogP contribution in [0.5, 0.6) is 0 Å². The van der Waals surface area contributed by atoms with E-state index in [1.807, 2.05) is 0 Å². The number of hydrogen-bond acceptors (Lipinski definition) is 2. The molecule has 2 aliphatic rings. The lowest BCUT2D eigenvalue weighted by Crippen LogP contribution is -2.54. The monoisotopic (exact) mass is 224 g/mol. The van der Waals surface area contributed by atoms with E-state index in [4.69, 9.17) is 5.73 Å². The molecule has 0 aromatic rings. The molecule has 0 spiro atoms. The maximum Gasteiger partial charge on any atom is 0.0331 e. The molecule has 2 saturated carbocycles. The summed E-state index contributed by atoms with van der Waals surface area (Å²) in [6, 6.07) is 0.853. The lowest BCUT2D eigenvalue weighted by atomic mass is 9.74. The molecule has 0 heterocycles. The summed E-state index contributed by atoms with van der Waals surface area (Å²) in [5, 5.41) is 0. The molecule has 94 valence electrons. The number of rotatable bonds is 5. The van der Waals surface area contributed by atoms with E-state index < -0.39 is 0 Å². The Kier molecular flexibility index (Phi) is 3.91. The van der Waals surface area contributed by atoms with Gasteiger partial charge in [-0.1, -0.05) is 19.8 Å². The molecule has 16 heavy (non-hydrogen) atoms. The summed E-state index contributed by atoms with van der Waals surface area (Å²) in [5.74, 6) is 0.984. The van der Waals surface area contributed by atoms with Crippen molar-refractivity contribution in [2.24, 2.45) is 11.7 Å². The van der Waals surface area contributed by atoms with E-state index in [1.165, 1.54) is 51.4 Å². The van der Waals surface area contributed by atoms with Crippen molar-refractivity contribution in [3.8, 4) is 0 Å². The van der Waals surface area contributed by atoms with Gasteiger partial charge in [0.1, 0.15) is 0 Å². The van der Waals surface area contributed by atoms with Crippen LogP contribution in [0, 0.1) is 5.92 Å². The number of nitrogens with two attached hydrogens (primary N) is 1. The molecular formula is C14H28N2. The predicted octanol–water partition coefficient (Wildman–Crippen LogP) is 2.77. The number of nitrogens with zero attached hydrogens (tertiary/aromatic N) is 1. The smallest absolute Gasteiger partial charge is 0.0331 e. The predicted molar refractivity (Wildman–Crippen MR) is 69.4 cm³/mol. The molecule has 2 fully saturated rings. The Morgan fingerprint density at radius 2 is 1.81 bits per heavy atom. The maximum absolute atomic E-state index is 6.08. The van der Waals surface area contributed by atoms with E-state index in [0.717, 1.165) is 18.5 Å². The molecule has 2 rings (SSSR count). The van der Waals surface area contributed by atoms with Crippen molar-refractivity contribution in [3.63, 3.8) is 0 Å². The Balaban J connectivity index is 1.91. The Morgan fingerprint density at radius 3 is 2.25 bits per heavy atom. The average molecular weight is 224 g/mol. The van der Waals surface area contributed by atoms with Gasteiger partial charge in [-0.3, -0.25) is 4.90 Å². The van der Waals surface area contributed by atoms with Crippen LogP contribution in [0.4, 0.5) is 0 Å². The van der Waals surface area contributed by atoms with Crippen LogP contribution in [0.3, 0.4) is 0 Å². The third kappa shape index (κ3) is 2.43. The fourth-order valence-corrected chi connectivity index (χ4v) is 3.46. The average Bonchev–Trinajstić information content (AvgIpc) is 3.14. The summed E-state index contributed by atoms with van der Waals surface area (Å²) >= 11 is 0. The Morgan fingerprint density at radius 1 is 1.19 bits per heavy atom. The van der Waals surface area contributed by atoms with Gasteiger partial charge >= 0.3 is 0 Å². The highest BCUT2D eigenvalue weighted by atomic mass is 15.2. The lowest BCUT2D eigenvalue weighted by molar-refractivity contribution is 0.0566. The van der Waals surface area contributed by atoms with Crippen LogP contribution in [0.15, 0.2) is 0 Å². The van der Waals surface area contributed by atoms with Gasteiger partial charge in [0.2, 0.25) is 0 Å². The number of hydrogen-bond donors (Lipinski definition) is 1. The molecule has 0 saturated heterocycles. The van der Waals surface area contributed by atoms with E-state index in [1.54, 1.807) is 0 Å². The first-order valence-corrected chi connectivity index (χ1v) is 7.15. The van der Waals surface area contributed by atoms with Crippen molar-refractivity contribution in [1.29, 1.82) is 0 Å². The SMILES string of the molecule is CCCC1CCC(CN)(N(C)C2CC2)CC1. The van der Waals surface area contributed by atoms with Crippen LogP contribution in [0.1, 0.15) is 58.3 Å². The van der Waals surface area contributed by atoms with Crippen molar-refractivity contribution in [3.05, 3.63) is 0 Å². The molecular weight excluding hydrogens is 196 g/mol. The summed E-state index contributed by atoms with van der Waals surface area (Å²) in [6.07, 6.45) is 11.0. The second kappa shape index (κ2) is 5.05. The van der Waals surface area contributed by atoms with Crippen molar-refractivity contribution < 1.29 is 0 Å². The largest absolute Gasteiger partial charge is 0.329 e. The van der Waals surface area contributed by atoms with E-state index in [9.17, 15) is 0 Å². The minimum Gasteiger partial charge on any atom is -0.329 e. The van der Waals surface area contributed by atoms with Crippen LogP contribution in [-0.4, -0.2) is 30.1 Å². The quantitative estimate of drug-likeness (QED) is 0.778. The summed E-state index contributed by atoms with van der Waals surface area (Å²) in [7, 11) is 2.31. The topological polar surface area (TPSA) is 29.3 Å². The zero-order valence-electron chi connectivity index (χ0n) is 11.0. The molecule has 0 atom stereocenters. The van der Waals surface area contributed by atoms with E-state index in [-0.39, 0.29) is 0 Å². The minimum atomic E-state index is 0.353. The highest BCUT2D eigenvalue weighted by Crippen LogP contribution is 2.41. The molecule has 0 amide bonds. The van der Waals surface area contributed by atoms with Gasteiger partial charge in [-0.25, -0.2) is 0 Å². The van der Waals surface area contributed by atoms with Gasteiger partial charge in [-0.15, -0.1) is 0 Å². The lowest BCUT2D eigenvalue weighted by Gasteiger charge is -2.46. The molecule has 0 unspecified atom stereocenters. The molecule has 2 nitrogen and oxygen atoms in total. The van der Waals surface area contributed by atoms with Gasteiger partial charge in [0.25, 0.3) is 0 Å². The van der Waals surface area contributed by atoms with E-state index in [2.05, 4.69) is 18.9 Å². The van der Waals surface area contributed by atoms with Gasteiger partial charge in [0.05, 0.1) is 0 Å². The molecule has 0 aliphatic heterocycles. The molecule has 0 bridgehead atoms. The van der Waals surface area contributed by atoms with Gasteiger partial charge in [0, 0.05) is 18.1 Å². The fraction of sp³-hybridized carbons (Fsp3) is 1.00. The maximum atomic E-state index is 6.08. The Labute approximate surface area is 101 Å². The third-order valence-corrected chi connectivity index (χ3v) is 4.96. The van der Waals surface area contributed by atoms with Crippen LogP contribution < -0.4 is 5.73 Å². The molecule has 0 radical (unpaired) electrons. The number of likely N-dealkylation sites (N-methyl/N-ethyl adjacent to an activating group) is 1. The summed E-state index contributed by atoms with van der Waals surface area (Å²) in [5.41, 5.74) is 6.44. The second-order valence-electron chi connectivity index (χ2n) is 6.00. The van der Waals surface area contributed by atoms with Crippen molar-refractivity contribution in [1.82, 2.24) is 4.90 Å². The highest BCUT2D eigenvalue weighted by molar-refractivity contribution is 5.00. The summed E-state index contributed by atoms with van der Waals surface area (Å²) < 4.78 is 0. The summed E-state index contributed by atoms with van der Waals surface area (Å²) in [4.78, 5) is 2.62. The van der Waals surface area contributed by atoms with Crippen LogP contribution in [-0.2, 0) is 0 Å². The van der Waals surface area contributed by atoms with Gasteiger partial charge < -0.3 is 5.73 Å². The first-order chi connectivity index (χ1) is 7.72. The zero-order chi connectivity index (χ0) is 11.6. The van der Waals surface area contributed by atoms with Crippen molar-refractivity contribution in [2.45, 2.75) is 69.9 Å². The normalized spacial score (nSPS) is 35.6. The fourth-order valence-electron chi connectivity index (χ4n) is 3.46. The van der Waals surface area contributed by atoms with Crippen molar-refractivity contribution >= 4 is 0 Å². The van der Waals surface area contributed by atoms with E-state index in [0.29, 0.717) is 5.54 Å². The van der Waals surface area contributed by atoms with Crippen LogP contribution in [0.2, 0.25) is 0 Å². The first-order valence-electron chi connectivity index (χ1n) is 7.15. The first kappa shape index (κ1) is 12.4. The molecule has 0 aromatic heterocycles.